The molecule has 0 radical (unpaired) electrons. The number of rotatable bonds is 3. The number of hydrogen-bond donors (Lipinski definition) is 0. The van der Waals surface area contributed by atoms with Crippen molar-refractivity contribution in [1.29, 1.82) is 0 Å². The molecule has 0 N–H and O–H groups in total. The van der Waals surface area contributed by atoms with E-state index in [0.29, 0.717) is 6.54 Å². The number of anilines is 1. The molecule has 0 aromatic carbocycles. The summed E-state index contributed by atoms with van der Waals surface area (Å²) in [6.07, 6.45) is -0.355. The summed E-state index contributed by atoms with van der Waals surface area (Å²) < 4.78 is 30.5. The summed E-state index contributed by atoms with van der Waals surface area (Å²) in [5, 5.41) is 2.70. The van der Waals surface area contributed by atoms with Gasteiger partial charge in [0.25, 0.3) is 6.43 Å². The van der Waals surface area contributed by atoms with Crippen molar-refractivity contribution < 1.29 is 18.3 Å². The Kier molecular flexibility index (Phi) is 4.34. The van der Waals surface area contributed by atoms with E-state index in [1.54, 1.807) is 6.20 Å². The first kappa shape index (κ1) is 14.6. The van der Waals surface area contributed by atoms with Crippen molar-refractivity contribution in [3.8, 4) is 0 Å². The molecule has 0 spiro atoms. The number of amides is 1. The van der Waals surface area contributed by atoms with Gasteiger partial charge in [-0.2, -0.15) is 0 Å². The van der Waals surface area contributed by atoms with E-state index in [4.69, 9.17) is 4.74 Å². The molecule has 3 rings (SSSR count). The van der Waals surface area contributed by atoms with Crippen LogP contribution in [0.2, 0.25) is 0 Å². The molecule has 1 aromatic heterocycles. The molecule has 8 heteroatoms. The zero-order valence-electron chi connectivity index (χ0n) is 11.5. The fourth-order valence-corrected chi connectivity index (χ4v) is 3.57. The van der Waals surface area contributed by atoms with Crippen molar-refractivity contribution in [1.82, 2.24) is 9.88 Å². The Morgan fingerprint density at radius 3 is 3.05 bits per heavy atom. The van der Waals surface area contributed by atoms with E-state index in [1.807, 2.05) is 10.3 Å². The summed E-state index contributed by atoms with van der Waals surface area (Å²) >= 11 is 1.49. The Labute approximate surface area is 125 Å². The minimum absolute atomic E-state index is 0.0291. The zero-order valence-corrected chi connectivity index (χ0v) is 12.3. The lowest BCUT2D eigenvalue weighted by Gasteiger charge is -2.35. The number of carbonyl (C=O) groups excluding carboxylic acids is 1. The second kappa shape index (κ2) is 6.23. The number of carbonyl (C=O) groups is 1. The van der Waals surface area contributed by atoms with Crippen LogP contribution in [0, 0.1) is 0 Å². The number of hydrogen-bond acceptors (Lipinski definition) is 5. The van der Waals surface area contributed by atoms with E-state index >= 15 is 0 Å². The summed E-state index contributed by atoms with van der Waals surface area (Å²) in [4.78, 5) is 20.4. The molecule has 2 aliphatic rings. The maximum Gasteiger partial charge on any atom is 0.266 e. The smallest absolute Gasteiger partial charge is 0.266 e. The first-order valence-electron chi connectivity index (χ1n) is 7.01. The summed E-state index contributed by atoms with van der Waals surface area (Å²) in [5.41, 5.74) is 0. The van der Waals surface area contributed by atoms with Gasteiger partial charge in [-0.25, -0.2) is 13.8 Å². The highest BCUT2D eigenvalue weighted by molar-refractivity contribution is 7.13. The number of aromatic nitrogens is 1. The van der Waals surface area contributed by atoms with Gasteiger partial charge in [-0.1, -0.05) is 0 Å². The molecule has 2 saturated heterocycles. The lowest BCUT2D eigenvalue weighted by molar-refractivity contribution is -0.147. The van der Waals surface area contributed by atoms with Crippen LogP contribution >= 0.6 is 11.3 Å². The molecule has 21 heavy (non-hydrogen) atoms. The number of nitrogens with zero attached hydrogens (tertiary/aromatic N) is 3. The van der Waals surface area contributed by atoms with E-state index in [9.17, 15) is 13.6 Å². The van der Waals surface area contributed by atoms with Crippen molar-refractivity contribution in [3.05, 3.63) is 11.6 Å². The van der Waals surface area contributed by atoms with Gasteiger partial charge < -0.3 is 14.5 Å². The average Bonchev–Trinajstić information content (AvgIpc) is 3.17. The minimum Gasteiger partial charge on any atom is -0.369 e. The number of ether oxygens (including phenoxy) is 1. The highest BCUT2D eigenvalue weighted by atomic mass is 32.1. The number of morpholine rings is 1. The predicted octanol–water partition coefficient (Wildman–Crippen LogP) is 1.60. The maximum atomic E-state index is 12.8. The van der Waals surface area contributed by atoms with Crippen molar-refractivity contribution in [2.45, 2.75) is 31.4 Å². The Bertz CT molecular complexity index is 486. The van der Waals surface area contributed by atoms with Crippen LogP contribution in [0.3, 0.4) is 0 Å². The van der Waals surface area contributed by atoms with Gasteiger partial charge in [-0.15, -0.1) is 11.3 Å². The topological polar surface area (TPSA) is 45.7 Å². The van der Waals surface area contributed by atoms with Gasteiger partial charge in [0.05, 0.1) is 13.2 Å². The van der Waals surface area contributed by atoms with E-state index < -0.39 is 12.5 Å². The van der Waals surface area contributed by atoms with Crippen molar-refractivity contribution >= 4 is 22.4 Å². The second-order valence-electron chi connectivity index (χ2n) is 5.19. The summed E-state index contributed by atoms with van der Waals surface area (Å²) in [6.45, 7) is 1.31. The molecule has 1 amide bonds. The highest BCUT2D eigenvalue weighted by Gasteiger charge is 2.38. The number of thiazole rings is 1. The SMILES string of the molecule is O=C(C1CCCN1c1nccs1)N1CCOC(C(F)F)C1. The number of halogens is 2. The molecule has 2 fully saturated rings. The van der Waals surface area contributed by atoms with Gasteiger partial charge in [0.1, 0.15) is 12.1 Å². The molecule has 0 bridgehead atoms. The van der Waals surface area contributed by atoms with E-state index in [0.717, 1.165) is 24.5 Å². The Hall–Kier alpha value is -1.28. The number of alkyl halides is 2. The molecular weight excluding hydrogens is 300 g/mol. The van der Waals surface area contributed by atoms with E-state index in [2.05, 4.69) is 4.98 Å². The lowest BCUT2D eigenvalue weighted by Crippen LogP contribution is -2.53. The minimum atomic E-state index is -2.56. The highest BCUT2D eigenvalue weighted by Crippen LogP contribution is 2.28. The van der Waals surface area contributed by atoms with Crippen LogP contribution < -0.4 is 4.90 Å². The molecule has 0 aliphatic carbocycles. The third kappa shape index (κ3) is 3.01. The largest absolute Gasteiger partial charge is 0.369 e. The normalized spacial score (nSPS) is 26.6. The third-order valence-electron chi connectivity index (χ3n) is 3.89. The van der Waals surface area contributed by atoms with Crippen LogP contribution in [0.4, 0.5) is 13.9 Å². The van der Waals surface area contributed by atoms with Crippen LogP contribution in [0.15, 0.2) is 11.6 Å². The fourth-order valence-electron chi connectivity index (χ4n) is 2.85. The molecular formula is C13H17F2N3O2S. The van der Waals surface area contributed by atoms with Crippen molar-refractivity contribution in [2.24, 2.45) is 0 Å². The van der Waals surface area contributed by atoms with E-state index in [-0.39, 0.29) is 25.1 Å². The third-order valence-corrected chi connectivity index (χ3v) is 4.70. The van der Waals surface area contributed by atoms with Gasteiger partial charge in [0.15, 0.2) is 5.13 Å². The van der Waals surface area contributed by atoms with Crippen LogP contribution in [0.1, 0.15) is 12.8 Å². The Morgan fingerprint density at radius 2 is 2.33 bits per heavy atom. The molecule has 5 nitrogen and oxygen atoms in total. The second-order valence-corrected chi connectivity index (χ2v) is 6.07. The average molecular weight is 317 g/mol. The van der Waals surface area contributed by atoms with Gasteiger partial charge in [0.2, 0.25) is 5.91 Å². The molecule has 2 unspecified atom stereocenters. The van der Waals surface area contributed by atoms with Crippen LogP contribution in [-0.4, -0.2) is 60.6 Å². The zero-order chi connectivity index (χ0) is 14.8. The molecule has 1 aromatic rings. The lowest BCUT2D eigenvalue weighted by atomic mass is 10.1. The van der Waals surface area contributed by atoms with Gasteiger partial charge >= 0.3 is 0 Å². The van der Waals surface area contributed by atoms with Crippen LogP contribution in [-0.2, 0) is 9.53 Å². The molecule has 2 aliphatic heterocycles. The van der Waals surface area contributed by atoms with Gasteiger partial charge in [-0.3, -0.25) is 4.79 Å². The van der Waals surface area contributed by atoms with Crippen LogP contribution in [0.5, 0.6) is 0 Å². The molecule has 0 saturated carbocycles. The summed E-state index contributed by atoms with van der Waals surface area (Å²) in [5.74, 6) is -0.0864. The molecule has 116 valence electrons. The standard InChI is InChI=1S/C13H17F2N3O2S/c14-11(15)10-8-17(5-6-20-10)12(19)9-2-1-4-18(9)13-16-3-7-21-13/h3,7,9-11H,1-2,4-6,8H2. The van der Waals surface area contributed by atoms with E-state index in [1.165, 1.54) is 16.2 Å². The Balaban J connectivity index is 1.69. The first-order valence-corrected chi connectivity index (χ1v) is 7.89. The fraction of sp³-hybridized carbons (Fsp3) is 0.692. The monoisotopic (exact) mass is 317 g/mol. The summed E-state index contributed by atoms with van der Waals surface area (Å²) in [6, 6.07) is -0.285. The van der Waals surface area contributed by atoms with Gasteiger partial charge in [0, 0.05) is 24.7 Å². The molecule has 3 heterocycles. The maximum absolute atomic E-state index is 12.8. The molecule has 2 atom stereocenters. The first-order chi connectivity index (χ1) is 10.2. The summed E-state index contributed by atoms with van der Waals surface area (Å²) in [7, 11) is 0. The van der Waals surface area contributed by atoms with Crippen molar-refractivity contribution in [3.63, 3.8) is 0 Å². The predicted molar refractivity (Wildman–Crippen MR) is 74.8 cm³/mol. The van der Waals surface area contributed by atoms with Crippen molar-refractivity contribution in [2.75, 3.05) is 31.1 Å². The Morgan fingerprint density at radius 1 is 1.48 bits per heavy atom. The quantitative estimate of drug-likeness (QED) is 0.849. The van der Waals surface area contributed by atoms with Gasteiger partial charge in [-0.05, 0) is 12.8 Å². The van der Waals surface area contributed by atoms with Crippen LogP contribution in [0.25, 0.3) is 0 Å².